The minimum atomic E-state index is -1.17. The van der Waals surface area contributed by atoms with Gasteiger partial charge < -0.3 is 10.4 Å². The number of carboxylic acid groups (broad SMARTS) is 1. The van der Waals surface area contributed by atoms with Crippen LogP contribution in [0.5, 0.6) is 0 Å². The Balaban J connectivity index is 2.93. The lowest BCUT2D eigenvalue weighted by Crippen LogP contribution is -2.08. The van der Waals surface area contributed by atoms with Gasteiger partial charge in [0.25, 0.3) is 5.69 Å². The molecular formula is C14H20N2O4. The molecule has 0 atom stereocenters. The summed E-state index contributed by atoms with van der Waals surface area (Å²) in [7, 11) is 0. The third-order valence-electron chi connectivity index (χ3n) is 3.10. The molecule has 0 saturated carbocycles. The van der Waals surface area contributed by atoms with Gasteiger partial charge in [-0.05, 0) is 31.7 Å². The van der Waals surface area contributed by atoms with E-state index in [1.165, 1.54) is 6.07 Å². The van der Waals surface area contributed by atoms with E-state index in [4.69, 9.17) is 5.11 Å². The van der Waals surface area contributed by atoms with Crippen molar-refractivity contribution in [3.63, 3.8) is 0 Å². The fourth-order valence-electron chi connectivity index (χ4n) is 1.93. The van der Waals surface area contributed by atoms with Gasteiger partial charge in [0.05, 0.1) is 10.5 Å². The van der Waals surface area contributed by atoms with Gasteiger partial charge in [-0.1, -0.05) is 13.8 Å². The number of nitro benzene ring substituents is 1. The Hall–Kier alpha value is -2.11. The fourth-order valence-corrected chi connectivity index (χ4v) is 1.93. The second-order valence-electron chi connectivity index (χ2n) is 5.19. The maximum absolute atomic E-state index is 11.0. The van der Waals surface area contributed by atoms with Crippen LogP contribution in [0.4, 0.5) is 11.4 Å². The number of hydrogen-bond acceptors (Lipinski definition) is 4. The molecule has 110 valence electrons. The molecule has 1 aromatic carbocycles. The smallest absolute Gasteiger partial charge is 0.336 e. The van der Waals surface area contributed by atoms with Crippen LogP contribution in [-0.4, -0.2) is 22.5 Å². The molecule has 0 spiro atoms. The molecule has 6 nitrogen and oxygen atoms in total. The van der Waals surface area contributed by atoms with Crippen LogP contribution < -0.4 is 5.32 Å². The lowest BCUT2D eigenvalue weighted by molar-refractivity contribution is -0.385. The van der Waals surface area contributed by atoms with Crippen molar-refractivity contribution in [1.29, 1.82) is 0 Å². The van der Waals surface area contributed by atoms with Gasteiger partial charge in [-0.25, -0.2) is 4.79 Å². The summed E-state index contributed by atoms with van der Waals surface area (Å²) in [5.74, 6) is -0.573. The van der Waals surface area contributed by atoms with Crippen LogP contribution in [0.15, 0.2) is 12.1 Å². The van der Waals surface area contributed by atoms with Crippen LogP contribution >= 0.6 is 0 Å². The Morgan fingerprint density at radius 3 is 2.60 bits per heavy atom. The summed E-state index contributed by atoms with van der Waals surface area (Å²) < 4.78 is 0. The molecule has 0 amide bonds. The quantitative estimate of drug-likeness (QED) is 0.453. The van der Waals surface area contributed by atoms with E-state index in [-0.39, 0.29) is 11.3 Å². The summed E-state index contributed by atoms with van der Waals surface area (Å²) in [6.07, 6.45) is 1.98. The first-order chi connectivity index (χ1) is 9.32. The summed E-state index contributed by atoms with van der Waals surface area (Å²) in [4.78, 5) is 21.4. The van der Waals surface area contributed by atoms with Gasteiger partial charge in [-0.3, -0.25) is 10.1 Å². The molecule has 2 N–H and O–H groups in total. The van der Waals surface area contributed by atoms with Gasteiger partial charge in [0.1, 0.15) is 0 Å². The number of benzene rings is 1. The Labute approximate surface area is 118 Å². The minimum Gasteiger partial charge on any atom is -0.478 e. The van der Waals surface area contributed by atoms with Crippen LogP contribution in [-0.2, 0) is 0 Å². The van der Waals surface area contributed by atoms with Crippen molar-refractivity contribution in [2.24, 2.45) is 5.92 Å². The highest BCUT2D eigenvalue weighted by Gasteiger charge is 2.18. The van der Waals surface area contributed by atoms with Gasteiger partial charge in [-0.15, -0.1) is 0 Å². The number of carbonyl (C=O) groups is 1. The van der Waals surface area contributed by atoms with E-state index >= 15 is 0 Å². The predicted molar refractivity (Wildman–Crippen MR) is 77.4 cm³/mol. The molecular weight excluding hydrogens is 260 g/mol. The first kappa shape index (κ1) is 15.9. The number of nitrogens with zero attached hydrogens (tertiary/aromatic N) is 1. The number of nitro groups is 1. The van der Waals surface area contributed by atoms with Crippen LogP contribution in [0.1, 0.15) is 42.6 Å². The average molecular weight is 280 g/mol. The summed E-state index contributed by atoms with van der Waals surface area (Å²) >= 11 is 0. The monoisotopic (exact) mass is 280 g/mol. The Kier molecular flexibility index (Phi) is 5.49. The molecule has 0 heterocycles. The van der Waals surface area contributed by atoms with Crippen molar-refractivity contribution in [1.82, 2.24) is 0 Å². The number of hydrogen-bond donors (Lipinski definition) is 2. The first-order valence-electron chi connectivity index (χ1n) is 6.59. The van der Waals surface area contributed by atoms with Crippen LogP contribution in [0.2, 0.25) is 0 Å². The maximum atomic E-state index is 11.0. The molecule has 0 aliphatic rings. The average Bonchev–Trinajstić information content (AvgIpc) is 2.35. The third kappa shape index (κ3) is 4.22. The van der Waals surface area contributed by atoms with E-state index < -0.39 is 10.9 Å². The van der Waals surface area contributed by atoms with Crippen molar-refractivity contribution >= 4 is 17.3 Å². The number of carboxylic acids is 1. The highest BCUT2D eigenvalue weighted by molar-refractivity contribution is 5.90. The van der Waals surface area contributed by atoms with Crippen LogP contribution in [0.3, 0.4) is 0 Å². The molecule has 0 aliphatic carbocycles. The molecule has 0 bridgehead atoms. The second-order valence-corrected chi connectivity index (χ2v) is 5.19. The van der Waals surface area contributed by atoms with E-state index in [0.717, 1.165) is 18.9 Å². The van der Waals surface area contributed by atoms with Crippen LogP contribution in [0, 0.1) is 23.0 Å². The Morgan fingerprint density at radius 1 is 1.45 bits per heavy atom. The predicted octanol–water partition coefficient (Wildman–Crippen LogP) is 3.45. The molecule has 20 heavy (non-hydrogen) atoms. The molecule has 0 aromatic heterocycles. The van der Waals surface area contributed by atoms with Crippen molar-refractivity contribution in [2.45, 2.75) is 33.6 Å². The largest absolute Gasteiger partial charge is 0.478 e. The maximum Gasteiger partial charge on any atom is 0.336 e. The fraction of sp³-hybridized carbons (Fsp3) is 0.500. The SMILES string of the molecule is Cc1c(NCCCC(C)C)cc(C(=O)O)cc1[N+](=O)[O-]. The van der Waals surface area contributed by atoms with Gasteiger partial charge in [0.2, 0.25) is 0 Å². The molecule has 1 aromatic rings. The zero-order valence-electron chi connectivity index (χ0n) is 12.0. The standard InChI is InChI=1S/C14H20N2O4/c1-9(2)5-4-6-15-12-7-11(14(17)18)8-13(10(12)3)16(19)20/h7-9,15H,4-6H2,1-3H3,(H,17,18). The molecule has 0 aliphatic heterocycles. The summed E-state index contributed by atoms with van der Waals surface area (Å²) in [6.45, 7) is 6.54. The van der Waals surface area contributed by atoms with Gasteiger partial charge >= 0.3 is 5.97 Å². The molecule has 0 fully saturated rings. The Bertz CT molecular complexity index is 512. The van der Waals surface area contributed by atoms with Gasteiger partial charge in [0, 0.05) is 23.9 Å². The molecule has 0 saturated heterocycles. The summed E-state index contributed by atoms with van der Waals surface area (Å²) in [5.41, 5.74) is 0.731. The molecule has 0 radical (unpaired) electrons. The molecule has 0 unspecified atom stereocenters. The molecule has 1 rings (SSSR count). The van der Waals surface area contributed by atoms with E-state index in [2.05, 4.69) is 19.2 Å². The summed E-state index contributed by atoms with van der Waals surface area (Å²) in [5, 5.41) is 23.0. The van der Waals surface area contributed by atoms with E-state index in [9.17, 15) is 14.9 Å². The first-order valence-corrected chi connectivity index (χ1v) is 6.59. The lowest BCUT2D eigenvalue weighted by Gasteiger charge is -2.11. The topological polar surface area (TPSA) is 92.5 Å². The number of nitrogens with one attached hydrogen (secondary N) is 1. The molecule has 6 heteroatoms. The Morgan fingerprint density at radius 2 is 2.10 bits per heavy atom. The van der Waals surface area contributed by atoms with Gasteiger partial charge in [-0.2, -0.15) is 0 Å². The van der Waals surface area contributed by atoms with Crippen molar-refractivity contribution in [3.05, 3.63) is 33.4 Å². The van der Waals surface area contributed by atoms with Crippen molar-refractivity contribution in [2.75, 3.05) is 11.9 Å². The zero-order valence-corrected chi connectivity index (χ0v) is 12.0. The number of rotatable bonds is 7. The highest BCUT2D eigenvalue weighted by atomic mass is 16.6. The lowest BCUT2D eigenvalue weighted by atomic mass is 10.1. The van der Waals surface area contributed by atoms with E-state index in [0.29, 0.717) is 23.7 Å². The second kappa shape index (κ2) is 6.88. The number of anilines is 1. The highest BCUT2D eigenvalue weighted by Crippen LogP contribution is 2.28. The van der Waals surface area contributed by atoms with Crippen molar-refractivity contribution < 1.29 is 14.8 Å². The normalized spacial score (nSPS) is 10.6. The summed E-state index contributed by atoms with van der Waals surface area (Å²) in [6, 6.07) is 2.54. The van der Waals surface area contributed by atoms with Crippen LogP contribution in [0.25, 0.3) is 0 Å². The van der Waals surface area contributed by atoms with E-state index in [1.807, 2.05) is 0 Å². The minimum absolute atomic E-state index is 0.0753. The van der Waals surface area contributed by atoms with E-state index in [1.54, 1.807) is 6.92 Å². The zero-order chi connectivity index (χ0) is 15.3. The van der Waals surface area contributed by atoms with Gasteiger partial charge in [0.15, 0.2) is 0 Å². The third-order valence-corrected chi connectivity index (χ3v) is 3.10. The van der Waals surface area contributed by atoms with Crippen molar-refractivity contribution in [3.8, 4) is 0 Å². The number of aromatic carboxylic acids is 1.